The summed E-state index contributed by atoms with van der Waals surface area (Å²) >= 11 is 0. The summed E-state index contributed by atoms with van der Waals surface area (Å²) in [4.78, 5) is 46.1. The van der Waals surface area contributed by atoms with Gasteiger partial charge in [-0.3, -0.25) is 24.3 Å². The summed E-state index contributed by atoms with van der Waals surface area (Å²) in [7, 11) is 0. The second kappa shape index (κ2) is 9.50. The number of amides is 2. The second-order valence-electron chi connectivity index (χ2n) is 6.50. The smallest absolute Gasteiger partial charge is 0.407 e. The van der Waals surface area contributed by atoms with Crippen LogP contribution in [0.3, 0.4) is 0 Å². The molecule has 156 valence electrons. The van der Waals surface area contributed by atoms with Crippen LogP contribution in [0.5, 0.6) is 0 Å². The van der Waals surface area contributed by atoms with Gasteiger partial charge in [0.2, 0.25) is 5.91 Å². The molecule has 0 saturated heterocycles. The number of carbonyl (C=O) groups is 2. The van der Waals surface area contributed by atoms with Gasteiger partial charge in [0.05, 0.1) is 16.5 Å². The molecule has 0 aliphatic rings. The van der Waals surface area contributed by atoms with E-state index in [-0.39, 0.29) is 42.6 Å². The van der Waals surface area contributed by atoms with Crippen molar-refractivity contribution in [3.05, 3.63) is 74.8 Å². The minimum absolute atomic E-state index is 0.132. The number of nitrogens with one attached hydrogen (secondary N) is 2. The van der Waals surface area contributed by atoms with Crippen molar-refractivity contribution >= 4 is 28.6 Å². The molecular formula is C20H20N4O6. The highest BCUT2D eigenvalue weighted by molar-refractivity contribution is 5.94. The zero-order valence-electron chi connectivity index (χ0n) is 16.0. The lowest BCUT2D eigenvalue weighted by molar-refractivity contribution is -0.384. The molecule has 2 amide bonds. The lowest BCUT2D eigenvalue weighted by Gasteiger charge is -2.07. The number of oxazole rings is 1. The van der Waals surface area contributed by atoms with Gasteiger partial charge < -0.3 is 15.1 Å². The number of nitro groups is 1. The summed E-state index contributed by atoms with van der Waals surface area (Å²) in [6, 6.07) is 12.7. The number of aryl methyl sites for hydroxylation is 1. The molecule has 10 nitrogen and oxygen atoms in total. The van der Waals surface area contributed by atoms with Gasteiger partial charge in [0.15, 0.2) is 5.58 Å². The molecule has 0 bridgehead atoms. The summed E-state index contributed by atoms with van der Waals surface area (Å²) < 4.78 is 6.39. The summed E-state index contributed by atoms with van der Waals surface area (Å²) in [5, 5.41) is 16.2. The molecule has 0 aliphatic carbocycles. The summed E-state index contributed by atoms with van der Waals surface area (Å²) in [5.41, 5.74) is 0.955. The first-order valence-electron chi connectivity index (χ1n) is 9.33. The lowest BCUT2D eigenvalue weighted by Crippen LogP contribution is -2.34. The fourth-order valence-corrected chi connectivity index (χ4v) is 2.94. The Hall–Kier alpha value is -3.95. The maximum absolute atomic E-state index is 12.0. The number of nitrogens with zero attached hydrogens (tertiary/aromatic N) is 2. The monoisotopic (exact) mass is 412 g/mol. The van der Waals surface area contributed by atoms with Crippen LogP contribution in [-0.2, 0) is 11.3 Å². The third kappa shape index (κ3) is 5.10. The Morgan fingerprint density at radius 3 is 2.53 bits per heavy atom. The van der Waals surface area contributed by atoms with E-state index in [1.807, 2.05) is 6.07 Å². The summed E-state index contributed by atoms with van der Waals surface area (Å²) in [6.45, 7) is 0.821. The molecule has 2 N–H and O–H groups in total. The third-order valence-electron chi connectivity index (χ3n) is 4.42. The molecule has 1 heterocycles. The molecule has 0 spiro atoms. The van der Waals surface area contributed by atoms with Crippen molar-refractivity contribution in [3.8, 4) is 0 Å². The van der Waals surface area contributed by atoms with E-state index < -0.39 is 10.7 Å². The number of rotatable bonds is 9. The van der Waals surface area contributed by atoms with Crippen LogP contribution in [0.25, 0.3) is 11.1 Å². The van der Waals surface area contributed by atoms with Crippen LogP contribution in [-0.4, -0.2) is 34.4 Å². The fourth-order valence-electron chi connectivity index (χ4n) is 2.94. The number of hydrogen-bond acceptors (Lipinski definition) is 6. The Labute approximate surface area is 170 Å². The minimum Gasteiger partial charge on any atom is -0.407 e. The quantitative estimate of drug-likeness (QED) is 0.313. The highest BCUT2D eigenvalue weighted by Gasteiger charge is 2.14. The van der Waals surface area contributed by atoms with Crippen LogP contribution in [0.1, 0.15) is 23.2 Å². The Bertz CT molecular complexity index is 1120. The number of hydrogen-bond donors (Lipinski definition) is 2. The Kier molecular flexibility index (Phi) is 6.58. The van der Waals surface area contributed by atoms with Crippen LogP contribution in [0, 0.1) is 10.1 Å². The molecule has 0 unspecified atom stereocenters. The van der Waals surface area contributed by atoms with E-state index in [0.29, 0.717) is 24.0 Å². The maximum atomic E-state index is 12.0. The summed E-state index contributed by atoms with van der Waals surface area (Å²) in [6.07, 6.45) is 0.562. The predicted molar refractivity (Wildman–Crippen MR) is 108 cm³/mol. The number of carbonyl (C=O) groups excluding carboxylic acids is 2. The Morgan fingerprint density at radius 1 is 1.07 bits per heavy atom. The van der Waals surface area contributed by atoms with Crippen molar-refractivity contribution < 1.29 is 18.9 Å². The standard InChI is InChI=1S/C20H20N4O6/c25-18(21-10-11-22-19(26)14-5-2-1-3-6-14)7-4-12-23-16-9-8-15(24(28)29)13-17(16)30-20(23)27/h1-3,5-6,8-9,13H,4,7,10-12H2,(H,21,25)(H,22,26). The Morgan fingerprint density at radius 2 is 1.80 bits per heavy atom. The molecule has 0 saturated carbocycles. The zero-order valence-corrected chi connectivity index (χ0v) is 16.0. The number of aromatic nitrogens is 1. The van der Waals surface area contributed by atoms with E-state index in [4.69, 9.17) is 4.42 Å². The molecule has 2 aromatic carbocycles. The van der Waals surface area contributed by atoms with Crippen LogP contribution < -0.4 is 16.4 Å². The molecular weight excluding hydrogens is 392 g/mol. The third-order valence-corrected chi connectivity index (χ3v) is 4.42. The van der Waals surface area contributed by atoms with Crippen LogP contribution in [0.15, 0.2) is 57.7 Å². The van der Waals surface area contributed by atoms with Crippen molar-refractivity contribution in [3.63, 3.8) is 0 Å². The van der Waals surface area contributed by atoms with Crippen molar-refractivity contribution in [1.29, 1.82) is 0 Å². The molecule has 3 rings (SSSR count). The zero-order chi connectivity index (χ0) is 21.5. The first kappa shape index (κ1) is 20.8. The first-order chi connectivity index (χ1) is 14.5. The van der Waals surface area contributed by atoms with E-state index in [1.54, 1.807) is 24.3 Å². The number of benzene rings is 2. The van der Waals surface area contributed by atoms with Crippen molar-refractivity contribution in [2.75, 3.05) is 13.1 Å². The molecule has 3 aromatic rings. The van der Waals surface area contributed by atoms with Gasteiger partial charge >= 0.3 is 5.76 Å². The lowest BCUT2D eigenvalue weighted by atomic mass is 10.2. The molecule has 0 atom stereocenters. The van der Waals surface area contributed by atoms with E-state index in [9.17, 15) is 24.5 Å². The molecule has 0 fully saturated rings. The molecule has 0 radical (unpaired) electrons. The van der Waals surface area contributed by atoms with E-state index in [1.165, 1.54) is 22.8 Å². The van der Waals surface area contributed by atoms with Gasteiger partial charge in [-0.15, -0.1) is 0 Å². The molecule has 0 aliphatic heterocycles. The van der Waals surface area contributed by atoms with Gasteiger partial charge in [0.25, 0.3) is 11.6 Å². The first-order valence-corrected chi connectivity index (χ1v) is 9.33. The highest BCUT2D eigenvalue weighted by Crippen LogP contribution is 2.20. The summed E-state index contributed by atoms with van der Waals surface area (Å²) in [5.74, 6) is -1.05. The van der Waals surface area contributed by atoms with Gasteiger partial charge in [-0.1, -0.05) is 18.2 Å². The van der Waals surface area contributed by atoms with Gasteiger partial charge in [0.1, 0.15) is 0 Å². The molecule has 30 heavy (non-hydrogen) atoms. The van der Waals surface area contributed by atoms with Gasteiger partial charge in [-0.05, 0) is 24.6 Å². The minimum atomic E-state index is -0.630. The molecule has 10 heteroatoms. The van der Waals surface area contributed by atoms with E-state index in [0.717, 1.165) is 0 Å². The van der Waals surface area contributed by atoms with Gasteiger partial charge in [-0.25, -0.2) is 4.79 Å². The van der Waals surface area contributed by atoms with Gasteiger partial charge in [-0.2, -0.15) is 0 Å². The highest BCUT2D eigenvalue weighted by atomic mass is 16.6. The number of nitro benzene ring substituents is 1. The normalized spacial score (nSPS) is 10.7. The van der Waals surface area contributed by atoms with Crippen molar-refractivity contribution in [2.45, 2.75) is 19.4 Å². The van der Waals surface area contributed by atoms with Crippen LogP contribution in [0.4, 0.5) is 5.69 Å². The average molecular weight is 412 g/mol. The number of fused-ring (bicyclic) bond motifs is 1. The van der Waals surface area contributed by atoms with Crippen LogP contribution in [0.2, 0.25) is 0 Å². The second-order valence-corrected chi connectivity index (χ2v) is 6.50. The van der Waals surface area contributed by atoms with Crippen molar-refractivity contribution in [2.24, 2.45) is 0 Å². The van der Waals surface area contributed by atoms with E-state index in [2.05, 4.69) is 10.6 Å². The fraction of sp³-hybridized carbons (Fsp3) is 0.250. The average Bonchev–Trinajstić information content (AvgIpc) is 3.06. The van der Waals surface area contributed by atoms with Gasteiger partial charge in [0, 0.05) is 37.7 Å². The SMILES string of the molecule is O=C(CCCn1c(=O)oc2cc([N+](=O)[O-])ccc21)NCCNC(=O)c1ccccc1. The topological polar surface area (TPSA) is 136 Å². The van der Waals surface area contributed by atoms with E-state index >= 15 is 0 Å². The maximum Gasteiger partial charge on any atom is 0.419 e. The van der Waals surface area contributed by atoms with Crippen LogP contribution >= 0.6 is 0 Å². The predicted octanol–water partition coefficient (Wildman–Crippen LogP) is 1.83. The van der Waals surface area contributed by atoms with Crippen molar-refractivity contribution in [1.82, 2.24) is 15.2 Å². The number of non-ortho nitro benzene ring substituents is 1. The Balaban J connectivity index is 1.42. The largest absolute Gasteiger partial charge is 0.419 e. The molecule has 1 aromatic heterocycles.